The zero-order valence-electron chi connectivity index (χ0n) is 16.6. The molecule has 0 spiro atoms. The number of carboxylic acids is 2. The lowest BCUT2D eigenvalue weighted by atomic mass is 10.0. The molecule has 32 heavy (non-hydrogen) atoms. The lowest BCUT2D eigenvalue weighted by Gasteiger charge is -2.17. The average Bonchev–Trinajstić information content (AvgIpc) is 3.44. The molecule has 2 saturated heterocycles. The van der Waals surface area contributed by atoms with Gasteiger partial charge in [-0.2, -0.15) is 4.98 Å². The van der Waals surface area contributed by atoms with Gasteiger partial charge >= 0.3 is 11.9 Å². The van der Waals surface area contributed by atoms with Crippen LogP contribution in [0.4, 0.5) is 0 Å². The molecule has 4 rings (SSSR count). The Bertz CT molecular complexity index is 998. The minimum atomic E-state index is -2.13. The second-order valence-corrected chi connectivity index (χ2v) is 7.97. The van der Waals surface area contributed by atoms with E-state index in [9.17, 15) is 19.8 Å². The molecule has 0 aliphatic carbocycles. The number of aliphatic hydroxyl groups excluding tert-OH is 2. The van der Waals surface area contributed by atoms with Gasteiger partial charge in [-0.25, -0.2) is 19.6 Å². The van der Waals surface area contributed by atoms with Crippen molar-refractivity contribution < 1.29 is 44.2 Å². The van der Waals surface area contributed by atoms with Gasteiger partial charge in [0.2, 0.25) is 5.28 Å². The van der Waals surface area contributed by atoms with E-state index in [4.69, 9.17) is 36.0 Å². The first-order valence-electron chi connectivity index (χ1n) is 9.81. The van der Waals surface area contributed by atoms with E-state index in [2.05, 4.69) is 15.0 Å². The number of carbonyl (C=O) groups is 2. The van der Waals surface area contributed by atoms with Crippen molar-refractivity contribution in [2.24, 2.45) is 5.92 Å². The highest BCUT2D eigenvalue weighted by Crippen LogP contribution is 2.33. The minimum Gasteiger partial charge on any atom is -0.479 e. The van der Waals surface area contributed by atoms with Crippen molar-refractivity contribution in [3.8, 4) is 0 Å². The van der Waals surface area contributed by atoms with Gasteiger partial charge in [-0.15, -0.1) is 0 Å². The minimum absolute atomic E-state index is 0.0214. The quantitative estimate of drug-likeness (QED) is 0.278. The standard InChI is InChI=1S/C18H21ClN4O9/c19-18-21-8(3-7-1-2-30-4-7)10-14(22-18)23(6-20-10)15-12(25)11(24)9(32-15)5-31-13(16(26)27)17(28)29/h6-7,9,11-13,15,24-25H,1-5H2,(H,26,27)(H,28,29)/t7-,9+,11+,12+,15+/m0/s1. The molecule has 13 nitrogen and oxygen atoms in total. The van der Waals surface area contributed by atoms with Crippen LogP contribution >= 0.6 is 11.6 Å². The van der Waals surface area contributed by atoms with E-state index < -0.39 is 49.2 Å². The fraction of sp³-hybridized carbons (Fsp3) is 0.611. The molecule has 2 fully saturated rings. The summed E-state index contributed by atoms with van der Waals surface area (Å²) in [6.07, 6.45) is -4.57. The number of fused-ring (bicyclic) bond motifs is 1. The largest absolute Gasteiger partial charge is 0.479 e. The molecular formula is C18H21ClN4O9. The van der Waals surface area contributed by atoms with Crippen molar-refractivity contribution in [2.45, 2.75) is 43.5 Å². The molecule has 0 bridgehead atoms. The predicted molar refractivity (Wildman–Crippen MR) is 104 cm³/mol. The first-order chi connectivity index (χ1) is 15.3. The van der Waals surface area contributed by atoms with Gasteiger partial charge in [-0.1, -0.05) is 0 Å². The van der Waals surface area contributed by atoms with Crippen LogP contribution in [-0.4, -0.2) is 96.1 Å². The third-order valence-corrected chi connectivity index (χ3v) is 5.63. The number of hydrogen-bond donors (Lipinski definition) is 4. The number of rotatable bonds is 8. The van der Waals surface area contributed by atoms with Gasteiger partial charge in [0.1, 0.15) is 23.8 Å². The molecule has 0 unspecified atom stereocenters. The molecule has 14 heteroatoms. The monoisotopic (exact) mass is 472 g/mol. The van der Waals surface area contributed by atoms with Gasteiger partial charge in [0, 0.05) is 13.2 Å². The summed E-state index contributed by atoms with van der Waals surface area (Å²) in [5, 5.41) is 38.6. The van der Waals surface area contributed by atoms with Crippen molar-refractivity contribution in [3.63, 3.8) is 0 Å². The number of carboxylic acid groups (broad SMARTS) is 2. The molecule has 4 N–H and O–H groups in total. The number of halogens is 1. The molecule has 0 aromatic carbocycles. The van der Waals surface area contributed by atoms with Crippen molar-refractivity contribution in [1.82, 2.24) is 19.5 Å². The van der Waals surface area contributed by atoms with Crippen LogP contribution < -0.4 is 0 Å². The molecule has 0 amide bonds. The highest BCUT2D eigenvalue weighted by atomic mass is 35.5. The maximum Gasteiger partial charge on any atom is 0.344 e. The van der Waals surface area contributed by atoms with Crippen LogP contribution in [0, 0.1) is 5.92 Å². The zero-order valence-corrected chi connectivity index (χ0v) is 17.3. The van der Waals surface area contributed by atoms with Gasteiger partial charge in [-0.05, 0) is 30.4 Å². The predicted octanol–water partition coefficient (Wildman–Crippen LogP) is -0.768. The van der Waals surface area contributed by atoms with Crippen LogP contribution in [0.25, 0.3) is 11.2 Å². The first kappa shape index (κ1) is 22.8. The number of hydrogen-bond acceptors (Lipinski definition) is 10. The summed E-state index contributed by atoms with van der Waals surface area (Å²) in [6.45, 7) is 0.707. The summed E-state index contributed by atoms with van der Waals surface area (Å²) in [7, 11) is 0. The molecule has 0 radical (unpaired) electrons. The second kappa shape index (κ2) is 9.21. The van der Waals surface area contributed by atoms with Crippen molar-refractivity contribution in [2.75, 3.05) is 19.8 Å². The van der Waals surface area contributed by atoms with Gasteiger partial charge in [0.15, 0.2) is 11.9 Å². The maximum absolute atomic E-state index is 11.0. The van der Waals surface area contributed by atoms with Crippen LogP contribution in [0.2, 0.25) is 5.28 Å². The Morgan fingerprint density at radius 2 is 2.00 bits per heavy atom. The molecule has 2 aliphatic heterocycles. The third-order valence-electron chi connectivity index (χ3n) is 5.46. The van der Waals surface area contributed by atoms with Crippen LogP contribution in [0.3, 0.4) is 0 Å². The molecule has 4 heterocycles. The Morgan fingerprint density at radius 3 is 2.66 bits per heavy atom. The lowest BCUT2D eigenvalue weighted by molar-refractivity contribution is -0.170. The molecule has 2 aliphatic rings. The summed E-state index contributed by atoms with van der Waals surface area (Å²) in [5.41, 5.74) is 1.36. The average molecular weight is 473 g/mol. The zero-order chi connectivity index (χ0) is 23.0. The van der Waals surface area contributed by atoms with E-state index in [1.807, 2.05) is 0 Å². The van der Waals surface area contributed by atoms with Crippen LogP contribution in [0.1, 0.15) is 18.3 Å². The van der Waals surface area contributed by atoms with Crippen LogP contribution in [-0.2, 0) is 30.2 Å². The number of aromatic nitrogens is 4. The Hall–Kier alpha value is -2.42. The number of aliphatic carboxylic acids is 2. The number of imidazole rings is 1. The Balaban J connectivity index is 1.55. The molecule has 2 aromatic heterocycles. The maximum atomic E-state index is 11.0. The summed E-state index contributed by atoms with van der Waals surface area (Å²) in [4.78, 5) is 34.7. The molecule has 2 aromatic rings. The van der Waals surface area contributed by atoms with E-state index in [0.29, 0.717) is 30.8 Å². The molecule has 0 saturated carbocycles. The van der Waals surface area contributed by atoms with E-state index in [1.165, 1.54) is 10.9 Å². The Labute approximate surface area is 185 Å². The highest BCUT2D eigenvalue weighted by molar-refractivity contribution is 6.28. The first-order valence-corrected chi connectivity index (χ1v) is 10.2. The van der Waals surface area contributed by atoms with Gasteiger partial charge < -0.3 is 34.6 Å². The molecular weight excluding hydrogens is 452 g/mol. The van der Waals surface area contributed by atoms with Crippen LogP contribution in [0.5, 0.6) is 0 Å². The van der Waals surface area contributed by atoms with Gasteiger partial charge in [0.25, 0.3) is 6.10 Å². The fourth-order valence-corrected chi connectivity index (χ4v) is 4.01. The number of ether oxygens (including phenoxy) is 3. The fourth-order valence-electron chi connectivity index (χ4n) is 3.83. The topological polar surface area (TPSA) is 186 Å². The SMILES string of the molecule is O=C(O)C(OC[C@H]1O[C@@H](n2cnc3c(C[C@@H]4CCOC4)nc(Cl)nc32)[C@H](O)[C@@H]1O)C(=O)O. The summed E-state index contributed by atoms with van der Waals surface area (Å²) in [6, 6.07) is 0. The Kier molecular flexibility index (Phi) is 6.55. The molecule has 174 valence electrons. The van der Waals surface area contributed by atoms with Crippen molar-refractivity contribution in [1.29, 1.82) is 0 Å². The highest BCUT2D eigenvalue weighted by Gasteiger charge is 2.45. The van der Waals surface area contributed by atoms with E-state index >= 15 is 0 Å². The van der Waals surface area contributed by atoms with E-state index in [1.54, 1.807) is 0 Å². The lowest BCUT2D eigenvalue weighted by Crippen LogP contribution is -2.39. The third kappa shape index (κ3) is 4.40. The number of nitrogens with zero attached hydrogens (tertiary/aromatic N) is 4. The molecule has 5 atom stereocenters. The normalized spacial score (nSPS) is 28.1. The smallest absolute Gasteiger partial charge is 0.344 e. The van der Waals surface area contributed by atoms with Crippen molar-refractivity contribution >= 4 is 34.7 Å². The summed E-state index contributed by atoms with van der Waals surface area (Å²) >= 11 is 6.10. The van der Waals surface area contributed by atoms with E-state index in [-0.39, 0.29) is 16.8 Å². The second-order valence-electron chi connectivity index (χ2n) is 7.63. The number of aliphatic hydroxyl groups is 2. The van der Waals surface area contributed by atoms with Gasteiger partial charge in [-0.3, -0.25) is 4.57 Å². The summed E-state index contributed by atoms with van der Waals surface area (Å²) < 4.78 is 17.3. The Morgan fingerprint density at radius 1 is 1.25 bits per heavy atom. The summed E-state index contributed by atoms with van der Waals surface area (Å²) in [5.74, 6) is -3.13. The van der Waals surface area contributed by atoms with Crippen LogP contribution in [0.15, 0.2) is 6.33 Å². The van der Waals surface area contributed by atoms with Crippen molar-refractivity contribution in [3.05, 3.63) is 17.3 Å². The van der Waals surface area contributed by atoms with E-state index in [0.717, 1.165) is 6.42 Å². The van der Waals surface area contributed by atoms with Gasteiger partial charge in [0.05, 0.1) is 18.6 Å².